The van der Waals surface area contributed by atoms with Crippen LogP contribution in [0.3, 0.4) is 0 Å². The third-order valence-corrected chi connectivity index (χ3v) is 4.26. The Balaban J connectivity index is 1.96. The summed E-state index contributed by atoms with van der Waals surface area (Å²) in [7, 11) is 0. The lowest BCUT2D eigenvalue weighted by Gasteiger charge is -2.22. The van der Waals surface area contributed by atoms with Gasteiger partial charge in [0.25, 0.3) is 0 Å². The minimum Gasteiger partial charge on any atom is -0.481 e. The van der Waals surface area contributed by atoms with E-state index in [4.69, 9.17) is 0 Å². The molecule has 110 valence electrons. The van der Waals surface area contributed by atoms with Crippen LogP contribution in [0.1, 0.15) is 44.2 Å². The highest BCUT2D eigenvalue weighted by Gasteiger charge is 2.32. The normalized spacial score (nSPS) is 23.7. The lowest BCUT2D eigenvalue weighted by Crippen LogP contribution is -2.31. The Morgan fingerprint density at radius 2 is 2.30 bits per heavy atom. The van der Waals surface area contributed by atoms with Gasteiger partial charge in [-0.3, -0.25) is 4.79 Å². The fourth-order valence-corrected chi connectivity index (χ4v) is 3.12. The molecule has 3 unspecified atom stereocenters. The number of rotatable bonds is 6. The van der Waals surface area contributed by atoms with Crippen molar-refractivity contribution in [2.24, 2.45) is 11.8 Å². The molecule has 2 N–H and O–H groups in total. The summed E-state index contributed by atoms with van der Waals surface area (Å²) in [6, 6.07) is 6.69. The first-order chi connectivity index (χ1) is 9.61. The van der Waals surface area contributed by atoms with Gasteiger partial charge in [-0.2, -0.15) is 0 Å². The van der Waals surface area contributed by atoms with Gasteiger partial charge in [-0.05, 0) is 49.4 Å². The Bertz CT molecular complexity index is 464. The van der Waals surface area contributed by atoms with E-state index in [1.807, 2.05) is 13.0 Å². The molecule has 20 heavy (non-hydrogen) atoms. The maximum absolute atomic E-state index is 13.3. The molecule has 0 amide bonds. The molecule has 4 heteroatoms. The molecule has 0 saturated heterocycles. The topological polar surface area (TPSA) is 49.3 Å². The molecular weight excluding hydrogens is 257 g/mol. The molecule has 1 aromatic carbocycles. The quantitative estimate of drug-likeness (QED) is 0.839. The molecule has 0 heterocycles. The van der Waals surface area contributed by atoms with Crippen molar-refractivity contribution in [3.63, 3.8) is 0 Å². The van der Waals surface area contributed by atoms with Crippen LogP contribution in [0.25, 0.3) is 0 Å². The van der Waals surface area contributed by atoms with Crippen LogP contribution >= 0.6 is 0 Å². The first-order valence-corrected chi connectivity index (χ1v) is 7.33. The van der Waals surface area contributed by atoms with Gasteiger partial charge in [-0.1, -0.05) is 25.5 Å². The Labute approximate surface area is 119 Å². The number of carboxylic acids is 1. The highest BCUT2D eigenvalue weighted by Crippen LogP contribution is 2.32. The zero-order valence-electron chi connectivity index (χ0n) is 11.8. The summed E-state index contributed by atoms with van der Waals surface area (Å²) >= 11 is 0. The molecule has 0 radical (unpaired) electrons. The lowest BCUT2D eigenvalue weighted by molar-refractivity contribution is -0.142. The SMILES string of the molecule is CCC(NCC1CCCC1C(=O)O)c1cccc(F)c1. The van der Waals surface area contributed by atoms with E-state index in [2.05, 4.69) is 5.32 Å². The van der Waals surface area contributed by atoms with Crippen molar-refractivity contribution in [2.45, 2.75) is 38.6 Å². The lowest BCUT2D eigenvalue weighted by atomic mass is 9.95. The molecule has 0 bridgehead atoms. The highest BCUT2D eigenvalue weighted by molar-refractivity contribution is 5.70. The van der Waals surface area contributed by atoms with Crippen molar-refractivity contribution in [2.75, 3.05) is 6.54 Å². The van der Waals surface area contributed by atoms with E-state index < -0.39 is 5.97 Å². The number of halogens is 1. The summed E-state index contributed by atoms with van der Waals surface area (Å²) in [5, 5.41) is 12.6. The van der Waals surface area contributed by atoms with Gasteiger partial charge >= 0.3 is 5.97 Å². The second-order valence-electron chi connectivity index (χ2n) is 5.56. The van der Waals surface area contributed by atoms with Gasteiger partial charge in [0.15, 0.2) is 0 Å². The van der Waals surface area contributed by atoms with Crippen LogP contribution in [0.4, 0.5) is 4.39 Å². The van der Waals surface area contributed by atoms with Crippen LogP contribution in [0.2, 0.25) is 0 Å². The Morgan fingerprint density at radius 3 is 2.95 bits per heavy atom. The van der Waals surface area contributed by atoms with E-state index in [1.54, 1.807) is 12.1 Å². The molecule has 3 atom stereocenters. The van der Waals surface area contributed by atoms with Crippen molar-refractivity contribution in [3.05, 3.63) is 35.6 Å². The van der Waals surface area contributed by atoms with Gasteiger partial charge in [0.2, 0.25) is 0 Å². The van der Waals surface area contributed by atoms with Crippen LogP contribution in [0.5, 0.6) is 0 Å². The number of hydrogen-bond acceptors (Lipinski definition) is 2. The number of aliphatic carboxylic acids is 1. The van der Waals surface area contributed by atoms with E-state index in [0.29, 0.717) is 6.54 Å². The van der Waals surface area contributed by atoms with Gasteiger partial charge in [-0.15, -0.1) is 0 Å². The highest BCUT2D eigenvalue weighted by atomic mass is 19.1. The Kier molecular flexibility index (Phi) is 5.12. The zero-order chi connectivity index (χ0) is 14.5. The van der Waals surface area contributed by atoms with E-state index >= 15 is 0 Å². The van der Waals surface area contributed by atoms with Gasteiger partial charge in [0.1, 0.15) is 5.82 Å². The second kappa shape index (κ2) is 6.84. The van der Waals surface area contributed by atoms with Gasteiger partial charge in [0.05, 0.1) is 5.92 Å². The number of benzene rings is 1. The molecule has 1 aliphatic rings. The molecule has 1 fully saturated rings. The molecule has 0 spiro atoms. The second-order valence-corrected chi connectivity index (χ2v) is 5.56. The van der Waals surface area contributed by atoms with Gasteiger partial charge in [0, 0.05) is 6.04 Å². The van der Waals surface area contributed by atoms with Crippen molar-refractivity contribution in [1.29, 1.82) is 0 Å². The summed E-state index contributed by atoms with van der Waals surface area (Å²) < 4.78 is 13.3. The molecule has 1 aromatic rings. The molecule has 0 aliphatic heterocycles. The van der Waals surface area contributed by atoms with Crippen LogP contribution in [0.15, 0.2) is 24.3 Å². The number of carbonyl (C=O) groups is 1. The number of nitrogens with one attached hydrogen (secondary N) is 1. The minimum atomic E-state index is -0.687. The predicted molar refractivity (Wildman–Crippen MR) is 75.9 cm³/mol. The average molecular weight is 279 g/mol. The molecule has 3 nitrogen and oxygen atoms in total. The first kappa shape index (κ1) is 15.0. The summed E-state index contributed by atoms with van der Waals surface area (Å²) in [6.45, 7) is 2.73. The third kappa shape index (κ3) is 3.57. The fraction of sp³-hybridized carbons (Fsp3) is 0.562. The van der Waals surface area contributed by atoms with Crippen molar-refractivity contribution in [3.8, 4) is 0 Å². The predicted octanol–water partition coefficient (Wildman–Crippen LogP) is 3.37. The van der Waals surface area contributed by atoms with E-state index in [1.165, 1.54) is 6.07 Å². The average Bonchev–Trinajstić information content (AvgIpc) is 2.88. The fourth-order valence-electron chi connectivity index (χ4n) is 3.12. The number of carboxylic acid groups (broad SMARTS) is 1. The number of hydrogen-bond donors (Lipinski definition) is 2. The van der Waals surface area contributed by atoms with Gasteiger partial charge < -0.3 is 10.4 Å². The summed E-state index contributed by atoms with van der Waals surface area (Å²) in [5.74, 6) is -0.956. The first-order valence-electron chi connectivity index (χ1n) is 7.33. The van der Waals surface area contributed by atoms with Crippen LogP contribution in [0, 0.1) is 17.7 Å². The van der Waals surface area contributed by atoms with E-state index in [9.17, 15) is 14.3 Å². The Morgan fingerprint density at radius 1 is 1.50 bits per heavy atom. The van der Waals surface area contributed by atoms with E-state index in [0.717, 1.165) is 31.2 Å². The minimum absolute atomic E-state index is 0.0840. The zero-order valence-corrected chi connectivity index (χ0v) is 11.8. The summed E-state index contributed by atoms with van der Waals surface area (Å²) in [6.07, 6.45) is 3.58. The van der Waals surface area contributed by atoms with E-state index in [-0.39, 0.29) is 23.7 Å². The standard InChI is InChI=1S/C16H22FNO2/c1-2-15(11-5-3-7-13(17)9-11)18-10-12-6-4-8-14(12)16(19)20/h3,5,7,9,12,14-15,18H,2,4,6,8,10H2,1H3,(H,19,20). The molecule has 1 saturated carbocycles. The summed E-state index contributed by atoms with van der Waals surface area (Å²) in [4.78, 5) is 11.2. The molecular formula is C16H22FNO2. The third-order valence-electron chi connectivity index (χ3n) is 4.26. The van der Waals surface area contributed by atoms with Crippen molar-refractivity contribution < 1.29 is 14.3 Å². The molecule has 0 aromatic heterocycles. The Hall–Kier alpha value is -1.42. The van der Waals surface area contributed by atoms with Crippen molar-refractivity contribution >= 4 is 5.97 Å². The van der Waals surface area contributed by atoms with Crippen LogP contribution in [-0.2, 0) is 4.79 Å². The molecule has 2 rings (SSSR count). The maximum atomic E-state index is 13.3. The maximum Gasteiger partial charge on any atom is 0.306 e. The van der Waals surface area contributed by atoms with Crippen molar-refractivity contribution in [1.82, 2.24) is 5.32 Å². The van der Waals surface area contributed by atoms with Crippen LogP contribution in [-0.4, -0.2) is 17.6 Å². The smallest absolute Gasteiger partial charge is 0.306 e. The monoisotopic (exact) mass is 279 g/mol. The van der Waals surface area contributed by atoms with Crippen LogP contribution < -0.4 is 5.32 Å². The summed E-state index contributed by atoms with van der Waals surface area (Å²) in [5.41, 5.74) is 0.928. The van der Waals surface area contributed by atoms with Gasteiger partial charge in [-0.25, -0.2) is 4.39 Å². The molecule has 1 aliphatic carbocycles. The largest absolute Gasteiger partial charge is 0.481 e.